The highest BCUT2D eigenvalue weighted by Gasteiger charge is 2.27. The molecule has 6 heterocycles. The smallest absolute Gasteiger partial charge is 0.193 e. The Balaban J connectivity index is 1.28. The number of hydrogen-bond acceptors (Lipinski definition) is 6. The molecule has 0 saturated heterocycles. The van der Waals surface area contributed by atoms with Crippen LogP contribution >= 0.6 is 0 Å². The third-order valence-corrected chi connectivity index (χ3v) is 15.0. The molecule has 0 spiro atoms. The van der Waals surface area contributed by atoms with E-state index in [2.05, 4.69) is 101 Å². The van der Waals surface area contributed by atoms with Crippen molar-refractivity contribution in [2.45, 2.75) is 6.92 Å². The maximum absolute atomic E-state index is 11.6. The van der Waals surface area contributed by atoms with Gasteiger partial charge in [-0.25, -0.2) is 0 Å². The molecule has 0 atom stereocenters. The number of benzene rings is 8. The van der Waals surface area contributed by atoms with Crippen LogP contribution in [0.15, 0.2) is 145 Å². The molecule has 0 bridgehead atoms. The van der Waals surface area contributed by atoms with E-state index in [1.165, 1.54) is 0 Å². The summed E-state index contributed by atoms with van der Waals surface area (Å²) in [7, 11) is 8.21. The van der Waals surface area contributed by atoms with Gasteiger partial charge >= 0.3 is 0 Å². The first-order valence-electron chi connectivity index (χ1n) is 23.2. The second-order valence-corrected chi connectivity index (χ2v) is 18.3. The van der Waals surface area contributed by atoms with Gasteiger partial charge in [-0.1, -0.05) is 60.5 Å². The maximum atomic E-state index is 11.6. The van der Waals surface area contributed by atoms with Gasteiger partial charge in [-0.05, 0) is 85.8 Å². The monoisotopic (exact) mass is 918 g/mol. The van der Waals surface area contributed by atoms with Gasteiger partial charge in [-0.2, -0.15) is 10.5 Å². The molecule has 10 nitrogen and oxygen atoms in total. The van der Waals surface area contributed by atoms with Crippen molar-refractivity contribution in [2.75, 3.05) is 0 Å². The fourth-order valence-electron chi connectivity index (χ4n) is 11.7. The van der Waals surface area contributed by atoms with Gasteiger partial charge in [-0.3, -0.25) is 0 Å². The van der Waals surface area contributed by atoms with Crippen LogP contribution in [0, 0.1) is 41.9 Å². The molecule has 14 aromatic rings. The first kappa shape index (κ1) is 40.3. The van der Waals surface area contributed by atoms with E-state index in [9.17, 15) is 10.5 Å². The molecule has 0 aliphatic heterocycles. The fraction of sp³-hybridized carbons (Fsp3) is 0.0820. The van der Waals surface area contributed by atoms with Crippen LogP contribution in [-0.2, 0) is 28.2 Å². The zero-order valence-electron chi connectivity index (χ0n) is 39.1. The number of nitrogens with zero attached hydrogens (tertiary/aromatic N) is 6. The summed E-state index contributed by atoms with van der Waals surface area (Å²) in [5.74, 6) is 2.68. The Morgan fingerprint density at radius 1 is 0.408 bits per heavy atom. The first-order valence-corrected chi connectivity index (χ1v) is 23.2. The normalized spacial score (nSPS) is 12.2. The molecule has 71 heavy (non-hydrogen) atoms. The molecule has 8 aromatic carbocycles. The SMILES string of the molecule is C#C/C=C\c1c(C)n(C)c2ccc3oc4c(C#N)c5oc6ccc7c(c8ccccc8n7C)c6c6c(ccc7c6c6ccccc6n7C)oc5c(C#N)c4oc4ccc5c(c6ccccc6n5C)c4c3c12. The zero-order valence-corrected chi connectivity index (χ0v) is 39.1. The summed E-state index contributed by atoms with van der Waals surface area (Å²) in [4.78, 5) is 0. The standard InChI is InChI=1S/C61H38N6O4/c1-7-8-15-33-32(2)64(3)42-22-26-46-54(50(33)42)55-47(27-23-43-51(55)34-16-9-12-19-39(34)65(43)4)69-59-38(31-63)61-60(37(30-62)58(59)68-46)70-48-28-24-44-52(35-17-10-13-20-40(35)66(44)5)56(48)57-49(71-61)29-25-45-53(57)36-18-11-14-21-41(36)67(45)6/h1,8-29H,2-6H3/b15-8-. The molecule has 0 fully saturated rings. The molecule has 0 amide bonds. The highest BCUT2D eigenvalue weighted by molar-refractivity contribution is 6.34. The van der Waals surface area contributed by atoms with Crippen molar-refractivity contribution >= 4 is 149 Å². The van der Waals surface area contributed by atoms with Crippen LogP contribution in [0.1, 0.15) is 22.4 Å². The summed E-state index contributed by atoms with van der Waals surface area (Å²) < 4.78 is 37.5. The number of terminal acetylenes is 1. The molecule has 0 N–H and O–H groups in total. The molecule has 0 aliphatic carbocycles. The summed E-state index contributed by atoms with van der Waals surface area (Å²) in [6, 6.07) is 45.7. The van der Waals surface area contributed by atoms with Crippen LogP contribution in [0.2, 0.25) is 0 Å². The van der Waals surface area contributed by atoms with Crippen molar-refractivity contribution in [1.82, 2.24) is 18.3 Å². The lowest BCUT2D eigenvalue weighted by Crippen LogP contribution is -1.92. The van der Waals surface area contributed by atoms with Crippen LogP contribution in [-0.4, -0.2) is 18.3 Å². The average Bonchev–Trinajstić information content (AvgIpc) is 4.04. The fourth-order valence-corrected chi connectivity index (χ4v) is 11.7. The second kappa shape index (κ2) is 14.4. The summed E-state index contributed by atoms with van der Waals surface area (Å²) in [6.45, 7) is 2.06. The number of allylic oxidation sites excluding steroid dienone is 1. The highest BCUT2D eigenvalue weighted by Crippen LogP contribution is 2.47. The van der Waals surface area contributed by atoms with Crippen molar-refractivity contribution in [1.29, 1.82) is 10.5 Å². The molecule has 0 saturated carbocycles. The van der Waals surface area contributed by atoms with Crippen molar-refractivity contribution in [2.24, 2.45) is 28.2 Å². The van der Waals surface area contributed by atoms with E-state index in [0.29, 0.717) is 22.3 Å². The quantitative estimate of drug-likeness (QED) is 0.151. The minimum atomic E-state index is -0.00918. The van der Waals surface area contributed by atoms with Gasteiger partial charge in [0.1, 0.15) is 45.6 Å². The number of aryl methyl sites for hydroxylation is 4. The summed E-state index contributed by atoms with van der Waals surface area (Å²) in [5, 5.41) is 33.0. The number of hydrogen-bond donors (Lipinski definition) is 0. The number of rotatable bonds is 1. The van der Waals surface area contributed by atoms with Crippen LogP contribution in [0.5, 0.6) is 0 Å². The third kappa shape index (κ3) is 5.13. The summed E-state index contributed by atoms with van der Waals surface area (Å²) >= 11 is 0. The predicted octanol–water partition coefficient (Wildman–Crippen LogP) is 15.4. The minimum absolute atomic E-state index is 0.00523. The largest absolute Gasteiger partial charge is 0.451 e. The molecule has 0 unspecified atom stereocenters. The van der Waals surface area contributed by atoms with Gasteiger partial charge < -0.3 is 35.9 Å². The van der Waals surface area contributed by atoms with Crippen molar-refractivity contribution < 1.29 is 17.7 Å². The zero-order chi connectivity index (χ0) is 48.1. The lowest BCUT2D eigenvalue weighted by molar-refractivity contribution is 0.598. The molecule has 14 rings (SSSR count). The number of nitriles is 2. The molecular weight excluding hydrogens is 881 g/mol. The van der Waals surface area contributed by atoms with Crippen LogP contribution in [0.25, 0.3) is 149 Å². The topological polar surface area (TPSA) is 120 Å². The molecule has 0 aliphatic rings. The average molecular weight is 919 g/mol. The molecule has 0 radical (unpaired) electrons. The molecule has 6 aromatic heterocycles. The predicted molar refractivity (Wildman–Crippen MR) is 286 cm³/mol. The summed E-state index contributed by atoms with van der Waals surface area (Å²) in [6.07, 6.45) is 9.50. The molecular formula is C61H38N6O4. The molecule has 336 valence electrons. The Labute approximate surface area is 402 Å². The number of fused-ring (bicyclic) bond motifs is 22. The van der Waals surface area contributed by atoms with E-state index in [1.54, 1.807) is 6.08 Å². The van der Waals surface area contributed by atoms with E-state index in [1.807, 2.05) is 98.1 Å². The number of para-hydroxylation sites is 3. The van der Waals surface area contributed by atoms with Gasteiger partial charge in [0, 0.05) is 137 Å². The van der Waals surface area contributed by atoms with Crippen molar-refractivity contribution in [3.05, 3.63) is 150 Å². The van der Waals surface area contributed by atoms with Gasteiger partial charge in [0.25, 0.3) is 0 Å². The van der Waals surface area contributed by atoms with Gasteiger partial charge in [0.2, 0.25) is 0 Å². The third-order valence-electron chi connectivity index (χ3n) is 15.0. The number of aromatic nitrogens is 4. The van der Waals surface area contributed by atoms with Gasteiger partial charge in [0.15, 0.2) is 22.3 Å². The van der Waals surface area contributed by atoms with E-state index < -0.39 is 0 Å². The Morgan fingerprint density at radius 2 is 0.732 bits per heavy atom. The van der Waals surface area contributed by atoms with Crippen LogP contribution < -0.4 is 0 Å². The van der Waals surface area contributed by atoms with Crippen molar-refractivity contribution in [3.8, 4) is 24.5 Å². The van der Waals surface area contributed by atoms with E-state index in [0.717, 1.165) is 109 Å². The lowest BCUT2D eigenvalue weighted by atomic mass is 9.99. The Bertz CT molecular complexity index is 5100. The highest BCUT2D eigenvalue weighted by atomic mass is 16.4. The minimum Gasteiger partial charge on any atom is -0.451 e. The first-order chi connectivity index (χ1) is 34.7. The van der Waals surface area contributed by atoms with Gasteiger partial charge in [-0.15, -0.1) is 6.42 Å². The van der Waals surface area contributed by atoms with E-state index >= 15 is 0 Å². The molecule has 10 heteroatoms. The van der Waals surface area contributed by atoms with Gasteiger partial charge in [0.05, 0.1) is 0 Å². The Hall–Kier alpha value is -9.82. The van der Waals surface area contributed by atoms with E-state index in [-0.39, 0.29) is 33.5 Å². The van der Waals surface area contributed by atoms with E-state index in [4.69, 9.17) is 24.1 Å². The summed E-state index contributed by atoms with van der Waals surface area (Å²) in [5.41, 5.74) is 10.8. The Kier molecular flexibility index (Phi) is 8.14. The van der Waals surface area contributed by atoms with Crippen LogP contribution in [0.4, 0.5) is 0 Å². The maximum Gasteiger partial charge on any atom is 0.193 e. The Morgan fingerprint density at radius 3 is 1.07 bits per heavy atom. The van der Waals surface area contributed by atoms with Crippen LogP contribution in [0.3, 0.4) is 0 Å². The lowest BCUT2D eigenvalue weighted by Gasteiger charge is -2.11. The second-order valence-electron chi connectivity index (χ2n) is 18.3. The van der Waals surface area contributed by atoms with Crippen molar-refractivity contribution in [3.63, 3.8) is 0 Å².